The fourth-order valence-electron chi connectivity index (χ4n) is 2.23. The van der Waals surface area contributed by atoms with Crippen LogP contribution in [0.15, 0.2) is 0 Å². The number of aliphatic hydroxyl groups is 1. The third-order valence-electron chi connectivity index (χ3n) is 3.07. The SMILES string of the molecule is CO[C@@H]1[C@H](OC)[C@H](C)O[C@@H](C(O)C#N)[C@H]1OC. The van der Waals surface area contributed by atoms with Crippen LogP contribution in [0.1, 0.15) is 6.92 Å². The first kappa shape index (κ1) is 14.4. The Kier molecular flexibility index (Phi) is 5.31. The van der Waals surface area contributed by atoms with Crippen LogP contribution >= 0.6 is 0 Å². The van der Waals surface area contributed by atoms with Gasteiger partial charge < -0.3 is 24.1 Å². The van der Waals surface area contributed by atoms with E-state index in [0.717, 1.165) is 0 Å². The van der Waals surface area contributed by atoms with E-state index in [4.69, 9.17) is 24.2 Å². The molecule has 6 nitrogen and oxygen atoms in total. The molecule has 17 heavy (non-hydrogen) atoms. The Balaban J connectivity index is 2.93. The molecule has 98 valence electrons. The third kappa shape index (κ3) is 2.76. The molecule has 6 atom stereocenters. The first-order valence-electron chi connectivity index (χ1n) is 5.42. The highest BCUT2D eigenvalue weighted by Gasteiger charge is 2.47. The summed E-state index contributed by atoms with van der Waals surface area (Å²) in [5.41, 5.74) is 0. The van der Waals surface area contributed by atoms with Gasteiger partial charge in [0, 0.05) is 21.3 Å². The Hall–Kier alpha value is -0.710. The summed E-state index contributed by atoms with van der Waals surface area (Å²) >= 11 is 0. The predicted molar refractivity (Wildman–Crippen MR) is 58.3 cm³/mol. The number of methoxy groups -OCH3 is 3. The summed E-state index contributed by atoms with van der Waals surface area (Å²) in [5.74, 6) is 0. The second-order valence-corrected chi connectivity index (χ2v) is 3.98. The van der Waals surface area contributed by atoms with Crippen molar-refractivity contribution >= 4 is 0 Å². The summed E-state index contributed by atoms with van der Waals surface area (Å²) in [6.45, 7) is 1.81. The zero-order valence-electron chi connectivity index (χ0n) is 10.5. The van der Waals surface area contributed by atoms with Gasteiger partial charge in [-0.15, -0.1) is 0 Å². The number of hydrogen-bond acceptors (Lipinski definition) is 6. The number of nitriles is 1. The normalized spacial score (nSPS) is 39.6. The molecular formula is C11H19NO5. The molecule has 0 saturated carbocycles. The lowest BCUT2D eigenvalue weighted by atomic mass is 9.92. The molecule has 1 aliphatic heterocycles. The molecule has 0 aromatic heterocycles. The van der Waals surface area contributed by atoms with E-state index < -0.39 is 18.3 Å². The quantitative estimate of drug-likeness (QED) is 0.685. The van der Waals surface area contributed by atoms with E-state index >= 15 is 0 Å². The fraction of sp³-hybridized carbons (Fsp3) is 0.909. The monoisotopic (exact) mass is 245 g/mol. The van der Waals surface area contributed by atoms with E-state index in [2.05, 4.69) is 0 Å². The van der Waals surface area contributed by atoms with E-state index in [9.17, 15) is 5.11 Å². The minimum Gasteiger partial charge on any atom is -0.376 e. The lowest BCUT2D eigenvalue weighted by Crippen LogP contribution is -2.61. The Morgan fingerprint density at radius 2 is 1.65 bits per heavy atom. The Morgan fingerprint density at radius 1 is 1.12 bits per heavy atom. The van der Waals surface area contributed by atoms with Crippen LogP contribution in [0.25, 0.3) is 0 Å². The van der Waals surface area contributed by atoms with Crippen LogP contribution in [0.4, 0.5) is 0 Å². The number of ether oxygens (including phenoxy) is 4. The van der Waals surface area contributed by atoms with Crippen molar-refractivity contribution in [1.29, 1.82) is 5.26 Å². The van der Waals surface area contributed by atoms with Gasteiger partial charge in [-0.1, -0.05) is 0 Å². The Morgan fingerprint density at radius 3 is 2.06 bits per heavy atom. The highest BCUT2D eigenvalue weighted by atomic mass is 16.6. The molecule has 1 aliphatic rings. The molecule has 6 heteroatoms. The summed E-state index contributed by atoms with van der Waals surface area (Å²) in [7, 11) is 4.58. The minimum atomic E-state index is -1.25. The molecule has 1 fully saturated rings. The maximum atomic E-state index is 9.61. The molecule has 1 heterocycles. The maximum absolute atomic E-state index is 9.61. The smallest absolute Gasteiger partial charge is 0.169 e. The van der Waals surface area contributed by atoms with Crippen molar-refractivity contribution in [2.75, 3.05) is 21.3 Å². The van der Waals surface area contributed by atoms with Crippen molar-refractivity contribution in [2.24, 2.45) is 0 Å². The standard InChI is InChI=1S/C11H19NO5/c1-6-8(14-2)10(15-3)11(16-4)9(17-6)7(13)5-12/h6-11,13H,1-4H3/t6-,7?,8+,9-,10+,11+/m0/s1. The average molecular weight is 245 g/mol. The highest BCUT2D eigenvalue weighted by Crippen LogP contribution is 2.28. The van der Waals surface area contributed by atoms with Crippen LogP contribution in [0.2, 0.25) is 0 Å². The van der Waals surface area contributed by atoms with Crippen molar-refractivity contribution in [3.8, 4) is 6.07 Å². The van der Waals surface area contributed by atoms with Crippen LogP contribution < -0.4 is 0 Å². The summed E-state index contributed by atoms with van der Waals surface area (Å²) in [6.07, 6.45) is -3.51. The lowest BCUT2D eigenvalue weighted by molar-refractivity contribution is -0.250. The van der Waals surface area contributed by atoms with Crippen molar-refractivity contribution in [2.45, 2.75) is 43.5 Å². The molecule has 0 aromatic rings. The van der Waals surface area contributed by atoms with Gasteiger partial charge in [0.05, 0.1) is 12.2 Å². The average Bonchev–Trinajstić information content (AvgIpc) is 2.36. The molecule has 1 rings (SSSR count). The zero-order chi connectivity index (χ0) is 13.0. The zero-order valence-corrected chi connectivity index (χ0v) is 10.5. The van der Waals surface area contributed by atoms with E-state index in [0.29, 0.717) is 0 Å². The summed E-state index contributed by atoms with van der Waals surface area (Å²) < 4.78 is 21.5. The van der Waals surface area contributed by atoms with Crippen molar-refractivity contribution in [3.63, 3.8) is 0 Å². The van der Waals surface area contributed by atoms with Gasteiger partial charge in [0.2, 0.25) is 0 Å². The Labute approximate surface area is 101 Å². The van der Waals surface area contributed by atoms with E-state index in [-0.39, 0.29) is 18.3 Å². The summed E-state index contributed by atoms with van der Waals surface area (Å²) in [4.78, 5) is 0. The molecule has 1 N–H and O–H groups in total. The molecule has 0 bridgehead atoms. The van der Waals surface area contributed by atoms with Gasteiger partial charge in [0.25, 0.3) is 0 Å². The maximum Gasteiger partial charge on any atom is 0.169 e. The predicted octanol–water partition coefficient (Wildman–Crippen LogP) is -0.297. The van der Waals surface area contributed by atoms with Crippen LogP contribution in [-0.4, -0.2) is 63.1 Å². The molecule has 1 unspecified atom stereocenters. The number of hydrogen-bond donors (Lipinski definition) is 1. The number of nitrogens with zero attached hydrogens (tertiary/aromatic N) is 1. The van der Waals surface area contributed by atoms with Crippen LogP contribution in [0.5, 0.6) is 0 Å². The molecule has 0 spiro atoms. The van der Waals surface area contributed by atoms with Gasteiger partial charge in [-0.2, -0.15) is 5.26 Å². The second kappa shape index (κ2) is 6.28. The molecule has 0 aliphatic carbocycles. The van der Waals surface area contributed by atoms with Crippen molar-refractivity contribution in [1.82, 2.24) is 0 Å². The van der Waals surface area contributed by atoms with Crippen LogP contribution in [0, 0.1) is 11.3 Å². The van der Waals surface area contributed by atoms with Crippen LogP contribution in [-0.2, 0) is 18.9 Å². The van der Waals surface area contributed by atoms with E-state index in [1.807, 2.05) is 6.92 Å². The summed E-state index contributed by atoms with van der Waals surface area (Å²) in [6, 6.07) is 1.75. The topological polar surface area (TPSA) is 80.9 Å². The molecular weight excluding hydrogens is 226 g/mol. The molecule has 0 aromatic carbocycles. The molecule has 1 saturated heterocycles. The number of aliphatic hydroxyl groups excluding tert-OH is 1. The third-order valence-corrected chi connectivity index (χ3v) is 3.07. The van der Waals surface area contributed by atoms with Gasteiger partial charge in [-0.25, -0.2) is 0 Å². The van der Waals surface area contributed by atoms with Crippen molar-refractivity contribution < 1.29 is 24.1 Å². The highest BCUT2D eigenvalue weighted by molar-refractivity contribution is 5.01. The molecule has 0 amide bonds. The molecule has 0 radical (unpaired) electrons. The van der Waals surface area contributed by atoms with E-state index in [1.54, 1.807) is 13.2 Å². The van der Waals surface area contributed by atoms with Gasteiger partial charge in [-0.3, -0.25) is 0 Å². The fourth-order valence-corrected chi connectivity index (χ4v) is 2.23. The minimum absolute atomic E-state index is 0.288. The van der Waals surface area contributed by atoms with Gasteiger partial charge in [0.1, 0.15) is 24.4 Å². The van der Waals surface area contributed by atoms with Gasteiger partial charge >= 0.3 is 0 Å². The largest absolute Gasteiger partial charge is 0.376 e. The lowest BCUT2D eigenvalue weighted by Gasteiger charge is -2.44. The first-order valence-corrected chi connectivity index (χ1v) is 5.42. The van der Waals surface area contributed by atoms with Crippen LogP contribution in [0.3, 0.4) is 0 Å². The van der Waals surface area contributed by atoms with Gasteiger partial charge in [0.15, 0.2) is 6.10 Å². The summed E-state index contributed by atoms with van der Waals surface area (Å²) in [5, 5.41) is 18.4. The Bertz CT molecular complexity index is 280. The second-order valence-electron chi connectivity index (χ2n) is 3.98. The first-order chi connectivity index (χ1) is 8.10. The van der Waals surface area contributed by atoms with Crippen molar-refractivity contribution in [3.05, 3.63) is 0 Å². The van der Waals surface area contributed by atoms with E-state index in [1.165, 1.54) is 14.2 Å². The number of rotatable bonds is 4. The van der Waals surface area contributed by atoms with Gasteiger partial charge in [-0.05, 0) is 6.92 Å².